The van der Waals surface area contributed by atoms with Gasteiger partial charge in [-0.3, -0.25) is 4.79 Å². The molecule has 0 spiro atoms. The molecule has 0 amide bonds. The Hall–Kier alpha value is -0.370. The molecule has 1 saturated carbocycles. The second kappa shape index (κ2) is 3.09. The lowest BCUT2D eigenvalue weighted by molar-refractivity contribution is -0.125. The van der Waals surface area contributed by atoms with E-state index in [-0.39, 0.29) is 5.92 Å². The van der Waals surface area contributed by atoms with Gasteiger partial charge in [0, 0.05) is 32.0 Å². The average Bonchev–Trinajstić information content (AvgIpc) is 2.76. The number of carbonyl (C=O) groups is 1. The number of hydrogen-bond acceptors (Lipinski definition) is 2. The van der Waals surface area contributed by atoms with Crippen molar-refractivity contribution in [1.29, 1.82) is 0 Å². The molecular formula is C11H19NO. The smallest absolute Gasteiger partial charge is 0.138 e. The average molecular weight is 181 g/mol. The SMILES string of the molecule is CC1CN(CC2(C)CC2)CCC1=O. The van der Waals surface area contributed by atoms with Crippen LogP contribution in [-0.4, -0.2) is 30.3 Å². The summed E-state index contributed by atoms with van der Waals surface area (Å²) in [5.41, 5.74) is 0.597. The Labute approximate surface area is 80.3 Å². The Morgan fingerprint density at radius 1 is 1.54 bits per heavy atom. The number of ketones is 1. The molecule has 0 aromatic heterocycles. The summed E-state index contributed by atoms with van der Waals surface area (Å²) in [5.74, 6) is 0.730. The molecule has 0 aromatic rings. The van der Waals surface area contributed by atoms with E-state index in [1.807, 2.05) is 0 Å². The van der Waals surface area contributed by atoms with Gasteiger partial charge in [-0.1, -0.05) is 13.8 Å². The number of likely N-dealkylation sites (tertiary alicyclic amines) is 1. The van der Waals surface area contributed by atoms with Crippen molar-refractivity contribution in [3.8, 4) is 0 Å². The highest BCUT2D eigenvalue weighted by Gasteiger charge is 2.39. The van der Waals surface area contributed by atoms with Crippen molar-refractivity contribution in [2.45, 2.75) is 33.1 Å². The van der Waals surface area contributed by atoms with E-state index in [9.17, 15) is 4.79 Å². The molecule has 74 valence electrons. The third-order valence-electron chi connectivity index (χ3n) is 3.47. The fourth-order valence-electron chi connectivity index (χ4n) is 2.15. The molecule has 2 aliphatic rings. The summed E-state index contributed by atoms with van der Waals surface area (Å²) >= 11 is 0. The third-order valence-corrected chi connectivity index (χ3v) is 3.47. The summed E-state index contributed by atoms with van der Waals surface area (Å²) in [6.45, 7) is 7.62. The Morgan fingerprint density at radius 3 is 2.77 bits per heavy atom. The summed E-state index contributed by atoms with van der Waals surface area (Å²) in [6, 6.07) is 0. The summed E-state index contributed by atoms with van der Waals surface area (Å²) in [5, 5.41) is 0. The van der Waals surface area contributed by atoms with Crippen molar-refractivity contribution in [3.63, 3.8) is 0 Å². The van der Waals surface area contributed by atoms with Gasteiger partial charge in [-0.05, 0) is 18.3 Å². The molecule has 1 unspecified atom stereocenters. The molecule has 1 aliphatic carbocycles. The molecule has 1 atom stereocenters. The predicted molar refractivity (Wildman–Crippen MR) is 52.6 cm³/mol. The van der Waals surface area contributed by atoms with Crippen LogP contribution in [-0.2, 0) is 4.79 Å². The molecule has 2 rings (SSSR count). The highest BCUT2D eigenvalue weighted by molar-refractivity contribution is 5.81. The van der Waals surface area contributed by atoms with E-state index >= 15 is 0 Å². The standard InChI is InChI=1S/C11H19NO/c1-9-7-12(6-3-10(9)13)8-11(2)4-5-11/h9H,3-8H2,1-2H3. The minimum Gasteiger partial charge on any atom is -0.302 e. The van der Waals surface area contributed by atoms with Gasteiger partial charge in [0.15, 0.2) is 0 Å². The largest absolute Gasteiger partial charge is 0.302 e. The van der Waals surface area contributed by atoms with Crippen LogP contribution in [0.5, 0.6) is 0 Å². The van der Waals surface area contributed by atoms with E-state index in [0.29, 0.717) is 11.2 Å². The van der Waals surface area contributed by atoms with Gasteiger partial charge in [-0.25, -0.2) is 0 Å². The number of hydrogen-bond donors (Lipinski definition) is 0. The van der Waals surface area contributed by atoms with Crippen LogP contribution in [0.25, 0.3) is 0 Å². The van der Waals surface area contributed by atoms with Gasteiger partial charge in [-0.15, -0.1) is 0 Å². The summed E-state index contributed by atoms with van der Waals surface area (Å²) in [4.78, 5) is 13.8. The van der Waals surface area contributed by atoms with E-state index in [2.05, 4.69) is 18.7 Å². The molecule has 1 saturated heterocycles. The minimum atomic E-state index is 0.274. The van der Waals surface area contributed by atoms with Crippen molar-refractivity contribution >= 4 is 5.78 Å². The zero-order chi connectivity index (χ0) is 9.47. The quantitative estimate of drug-likeness (QED) is 0.646. The van der Waals surface area contributed by atoms with Crippen LogP contribution in [0.15, 0.2) is 0 Å². The number of piperidine rings is 1. The van der Waals surface area contributed by atoms with Gasteiger partial charge in [0.2, 0.25) is 0 Å². The topological polar surface area (TPSA) is 20.3 Å². The molecule has 2 fully saturated rings. The van der Waals surface area contributed by atoms with Crippen LogP contribution in [0.1, 0.15) is 33.1 Å². The lowest BCUT2D eigenvalue weighted by Gasteiger charge is -2.31. The third kappa shape index (κ3) is 2.11. The highest BCUT2D eigenvalue weighted by atomic mass is 16.1. The lowest BCUT2D eigenvalue weighted by atomic mass is 9.97. The van der Waals surface area contributed by atoms with Gasteiger partial charge in [0.25, 0.3) is 0 Å². The van der Waals surface area contributed by atoms with E-state index in [4.69, 9.17) is 0 Å². The van der Waals surface area contributed by atoms with Gasteiger partial charge < -0.3 is 4.90 Å². The molecule has 13 heavy (non-hydrogen) atoms. The number of Topliss-reactive ketones (excluding diaryl/α,β-unsaturated/α-hetero) is 1. The Bertz CT molecular complexity index is 220. The van der Waals surface area contributed by atoms with Crippen molar-refractivity contribution in [2.75, 3.05) is 19.6 Å². The first-order valence-corrected chi connectivity index (χ1v) is 5.34. The van der Waals surface area contributed by atoms with Crippen LogP contribution in [0.4, 0.5) is 0 Å². The number of carbonyl (C=O) groups excluding carboxylic acids is 1. The number of nitrogens with zero attached hydrogens (tertiary/aromatic N) is 1. The zero-order valence-electron chi connectivity index (χ0n) is 8.68. The summed E-state index contributed by atoms with van der Waals surface area (Å²) in [6.07, 6.45) is 3.54. The maximum Gasteiger partial charge on any atom is 0.138 e. The minimum absolute atomic E-state index is 0.274. The molecule has 2 heteroatoms. The van der Waals surface area contributed by atoms with Gasteiger partial charge >= 0.3 is 0 Å². The summed E-state index contributed by atoms with van der Waals surface area (Å²) < 4.78 is 0. The molecular weight excluding hydrogens is 162 g/mol. The first-order valence-electron chi connectivity index (χ1n) is 5.34. The van der Waals surface area contributed by atoms with E-state index in [1.54, 1.807) is 0 Å². The molecule has 0 N–H and O–H groups in total. The Morgan fingerprint density at radius 2 is 2.23 bits per heavy atom. The highest BCUT2D eigenvalue weighted by Crippen LogP contribution is 2.45. The monoisotopic (exact) mass is 181 g/mol. The molecule has 0 bridgehead atoms. The van der Waals surface area contributed by atoms with Crippen LogP contribution in [0.3, 0.4) is 0 Å². The molecule has 0 radical (unpaired) electrons. The first kappa shape index (κ1) is 9.20. The lowest BCUT2D eigenvalue weighted by Crippen LogP contribution is -2.41. The van der Waals surface area contributed by atoms with Crippen molar-refractivity contribution in [3.05, 3.63) is 0 Å². The van der Waals surface area contributed by atoms with Gasteiger partial charge in [0.05, 0.1) is 0 Å². The molecule has 1 aliphatic heterocycles. The van der Waals surface area contributed by atoms with Gasteiger partial charge in [0.1, 0.15) is 5.78 Å². The van der Waals surface area contributed by atoms with E-state index < -0.39 is 0 Å². The first-order chi connectivity index (χ1) is 6.09. The van der Waals surface area contributed by atoms with Crippen molar-refractivity contribution in [2.24, 2.45) is 11.3 Å². The van der Waals surface area contributed by atoms with Crippen LogP contribution in [0.2, 0.25) is 0 Å². The van der Waals surface area contributed by atoms with Crippen LogP contribution in [0, 0.1) is 11.3 Å². The zero-order valence-corrected chi connectivity index (χ0v) is 8.68. The van der Waals surface area contributed by atoms with Crippen LogP contribution >= 0.6 is 0 Å². The molecule has 1 heterocycles. The Balaban J connectivity index is 1.84. The second-order valence-corrected chi connectivity index (χ2v) is 5.16. The fourth-order valence-corrected chi connectivity index (χ4v) is 2.15. The number of rotatable bonds is 2. The van der Waals surface area contributed by atoms with Crippen molar-refractivity contribution in [1.82, 2.24) is 4.90 Å². The van der Waals surface area contributed by atoms with E-state index in [0.717, 1.165) is 19.5 Å². The van der Waals surface area contributed by atoms with E-state index in [1.165, 1.54) is 19.4 Å². The van der Waals surface area contributed by atoms with Gasteiger partial charge in [-0.2, -0.15) is 0 Å². The van der Waals surface area contributed by atoms with Crippen molar-refractivity contribution < 1.29 is 4.79 Å². The maximum atomic E-state index is 11.3. The normalized spacial score (nSPS) is 33.4. The maximum absolute atomic E-state index is 11.3. The molecule has 2 nitrogen and oxygen atoms in total. The fraction of sp³-hybridized carbons (Fsp3) is 0.909. The molecule has 0 aromatic carbocycles. The summed E-state index contributed by atoms with van der Waals surface area (Å²) in [7, 11) is 0. The predicted octanol–water partition coefficient (Wildman–Crippen LogP) is 1.70. The van der Waals surface area contributed by atoms with Crippen LogP contribution < -0.4 is 0 Å². The Kier molecular flexibility index (Phi) is 2.18. The second-order valence-electron chi connectivity index (χ2n) is 5.16.